The van der Waals surface area contributed by atoms with E-state index in [0.29, 0.717) is 11.8 Å². The molecule has 1 amide bonds. The summed E-state index contributed by atoms with van der Waals surface area (Å²) in [5.74, 6) is 6.28. The molecule has 1 fully saturated rings. The maximum absolute atomic E-state index is 12.2. The topological polar surface area (TPSA) is 109 Å². The van der Waals surface area contributed by atoms with Crippen molar-refractivity contribution < 1.29 is 23.5 Å². The van der Waals surface area contributed by atoms with E-state index >= 15 is 0 Å². The number of fused-ring (bicyclic) bond motifs is 1. The molecule has 178 valence electrons. The van der Waals surface area contributed by atoms with Gasteiger partial charge in [0.2, 0.25) is 0 Å². The number of hydrogen-bond donors (Lipinski definition) is 3. The van der Waals surface area contributed by atoms with Gasteiger partial charge in [0.15, 0.2) is 14.6 Å². The Labute approximate surface area is 199 Å². The average molecular weight is 481 g/mol. The van der Waals surface area contributed by atoms with Crippen molar-refractivity contribution in [2.24, 2.45) is 5.92 Å². The first-order valence-corrected chi connectivity index (χ1v) is 13.0. The van der Waals surface area contributed by atoms with Gasteiger partial charge in [0.05, 0.1) is 0 Å². The summed E-state index contributed by atoms with van der Waals surface area (Å²) in [6, 6.07) is 15.9. The summed E-state index contributed by atoms with van der Waals surface area (Å²) in [4.78, 5) is 12.0. The first kappa shape index (κ1) is 24.0. The highest BCUT2D eigenvalue weighted by Gasteiger charge is 2.43. The largest absolute Gasteiger partial charge is 0.396 e. The normalized spacial score (nSPS) is 19.2. The summed E-state index contributed by atoms with van der Waals surface area (Å²) in [6.07, 6.45) is 3.90. The quantitative estimate of drug-likeness (QED) is 0.274. The molecule has 1 saturated carbocycles. The van der Waals surface area contributed by atoms with E-state index < -0.39 is 20.5 Å². The van der Waals surface area contributed by atoms with Crippen LogP contribution in [0.15, 0.2) is 54.7 Å². The zero-order valence-electron chi connectivity index (χ0n) is 19.2. The summed E-state index contributed by atoms with van der Waals surface area (Å²) in [5.41, 5.74) is 5.40. The Morgan fingerprint density at radius 1 is 1.15 bits per heavy atom. The molecule has 1 aliphatic carbocycles. The van der Waals surface area contributed by atoms with E-state index in [1.54, 1.807) is 0 Å². The second-order valence-corrected chi connectivity index (χ2v) is 11.6. The van der Waals surface area contributed by atoms with Crippen molar-refractivity contribution in [2.75, 3.05) is 12.9 Å². The molecule has 2 aromatic carbocycles. The molecule has 3 N–H and O–H groups in total. The highest BCUT2D eigenvalue weighted by Crippen LogP contribution is 2.46. The van der Waals surface area contributed by atoms with Crippen molar-refractivity contribution in [1.29, 1.82) is 0 Å². The summed E-state index contributed by atoms with van der Waals surface area (Å²) in [7, 11) is -3.75. The Bertz CT molecular complexity index is 1380. The van der Waals surface area contributed by atoms with E-state index in [1.165, 1.54) is 18.0 Å². The fourth-order valence-corrected chi connectivity index (χ4v) is 5.05. The van der Waals surface area contributed by atoms with Crippen LogP contribution in [-0.2, 0) is 21.2 Å². The molecule has 0 radical (unpaired) electrons. The van der Waals surface area contributed by atoms with Crippen LogP contribution in [0.2, 0.25) is 0 Å². The van der Waals surface area contributed by atoms with Gasteiger partial charge in [0.1, 0.15) is 0 Å². The number of aliphatic hydroxyl groups is 1. The first-order valence-electron chi connectivity index (χ1n) is 11.1. The Morgan fingerprint density at radius 3 is 2.44 bits per heavy atom. The van der Waals surface area contributed by atoms with Crippen molar-refractivity contribution in [3.05, 3.63) is 71.4 Å². The molecule has 34 heavy (non-hydrogen) atoms. The number of benzene rings is 2. The van der Waals surface area contributed by atoms with E-state index in [2.05, 4.69) is 24.0 Å². The number of nitrogens with zero attached hydrogens (tertiary/aromatic N) is 1. The maximum Gasteiger partial charge on any atom is 0.264 e. The Morgan fingerprint density at radius 2 is 1.82 bits per heavy atom. The van der Waals surface area contributed by atoms with Crippen molar-refractivity contribution in [3.63, 3.8) is 0 Å². The molecule has 3 aromatic rings. The minimum atomic E-state index is -3.75. The van der Waals surface area contributed by atoms with Crippen molar-refractivity contribution >= 4 is 26.6 Å². The highest BCUT2D eigenvalue weighted by atomic mass is 32.2. The third-order valence-electron chi connectivity index (χ3n) is 6.85. The minimum Gasteiger partial charge on any atom is -0.396 e. The van der Waals surface area contributed by atoms with Crippen LogP contribution >= 0.6 is 0 Å². The SMILES string of the molecule is C[C@@](CCn1ccc2cc(C#Cc3ccc([C@H]4C[C@@H]4CO)cc3)ccc21)(C(=O)NO)S(C)(=O)=O. The van der Waals surface area contributed by atoms with Crippen LogP contribution in [0.4, 0.5) is 0 Å². The van der Waals surface area contributed by atoms with Crippen LogP contribution in [0.5, 0.6) is 0 Å². The van der Waals surface area contributed by atoms with Gasteiger partial charge in [-0.15, -0.1) is 0 Å². The van der Waals surface area contributed by atoms with Crippen LogP contribution in [0.3, 0.4) is 0 Å². The average Bonchev–Trinajstić information content (AvgIpc) is 3.51. The number of aliphatic hydroxyl groups excluding tert-OH is 1. The van der Waals surface area contributed by atoms with E-state index in [1.807, 2.05) is 47.2 Å². The molecule has 0 saturated heterocycles. The summed E-state index contributed by atoms with van der Waals surface area (Å²) >= 11 is 0. The van der Waals surface area contributed by atoms with Gasteiger partial charge in [0, 0.05) is 47.6 Å². The number of amides is 1. The second-order valence-electron chi connectivity index (χ2n) is 9.13. The Balaban J connectivity index is 1.48. The molecule has 7 nitrogen and oxygen atoms in total. The molecular weight excluding hydrogens is 452 g/mol. The van der Waals surface area contributed by atoms with Gasteiger partial charge >= 0.3 is 0 Å². The number of hydrogen-bond acceptors (Lipinski definition) is 5. The fourth-order valence-electron chi connectivity index (χ4n) is 4.21. The molecule has 1 aliphatic rings. The van der Waals surface area contributed by atoms with Gasteiger partial charge < -0.3 is 9.67 Å². The lowest BCUT2D eigenvalue weighted by Gasteiger charge is -2.25. The van der Waals surface area contributed by atoms with Gasteiger partial charge in [-0.05, 0) is 73.6 Å². The summed E-state index contributed by atoms with van der Waals surface area (Å²) < 4.78 is 24.5. The number of carbonyl (C=O) groups is 1. The first-order chi connectivity index (χ1) is 16.2. The van der Waals surface area contributed by atoms with E-state index in [4.69, 9.17) is 5.21 Å². The molecule has 0 unspecified atom stereocenters. The smallest absolute Gasteiger partial charge is 0.264 e. The Kier molecular flexibility index (Phi) is 6.54. The van der Waals surface area contributed by atoms with E-state index in [-0.39, 0.29) is 19.6 Å². The third-order valence-corrected chi connectivity index (χ3v) is 8.87. The zero-order valence-corrected chi connectivity index (χ0v) is 20.0. The number of hydroxylamine groups is 1. The van der Waals surface area contributed by atoms with Gasteiger partial charge in [-0.1, -0.05) is 24.0 Å². The molecule has 1 heterocycles. The third kappa shape index (κ3) is 4.73. The highest BCUT2D eigenvalue weighted by molar-refractivity contribution is 7.92. The van der Waals surface area contributed by atoms with Crippen molar-refractivity contribution in [2.45, 2.75) is 37.0 Å². The van der Waals surface area contributed by atoms with Crippen LogP contribution < -0.4 is 5.48 Å². The van der Waals surface area contributed by atoms with Gasteiger partial charge in [-0.25, -0.2) is 13.9 Å². The zero-order chi connectivity index (χ0) is 24.5. The van der Waals surface area contributed by atoms with Crippen molar-refractivity contribution in [3.8, 4) is 11.8 Å². The molecule has 3 atom stereocenters. The number of sulfone groups is 1. The number of aromatic nitrogens is 1. The number of carbonyl (C=O) groups excluding carboxylic acids is 1. The number of rotatable bonds is 7. The predicted octanol–water partition coefficient (Wildman–Crippen LogP) is 2.84. The van der Waals surface area contributed by atoms with Crippen molar-refractivity contribution in [1.82, 2.24) is 10.0 Å². The minimum absolute atomic E-state index is 0.0134. The molecule has 0 bridgehead atoms. The number of nitrogens with one attached hydrogen (secondary N) is 1. The lowest BCUT2D eigenvalue weighted by Crippen LogP contribution is -2.49. The summed E-state index contributed by atoms with van der Waals surface area (Å²) in [6.45, 7) is 1.84. The van der Waals surface area contributed by atoms with E-state index in [9.17, 15) is 18.3 Å². The lowest BCUT2D eigenvalue weighted by molar-refractivity contribution is -0.131. The maximum atomic E-state index is 12.2. The number of aryl methyl sites for hydroxylation is 1. The van der Waals surface area contributed by atoms with Gasteiger partial charge in [0.25, 0.3) is 5.91 Å². The molecule has 8 heteroatoms. The summed E-state index contributed by atoms with van der Waals surface area (Å²) in [5, 5.41) is 19.2. The Hall–Kier alpha value is -3.12. The van der Waals surface area contributed by atoms with Crippen LogP contribution in [0.25, 0.3) is 10.9 Å². The molecule has 0 aliphatic heterocycles. The second kappa shape index (κ2) is 9.26. The molecule has 4 rings (SSSR count). The predicted molar refractivity (Wildman–Crippen MR) is 130 cm³/mol. The molecule has 1 aromatic heterocycles. The van der Waals surface area contributed by atoms with Gasteiger partial charge in [-0.2, -0.15) is 0 Å². The molecule has 0 spiro atoms. The standard InChI is InChI=1S/C26H28N2O5S/c1-26(25(30)27-31,34(2,32)33)12-14-28-13-11-21-15-19(7-10-24(21)28)4-3-18-5-8-20(9-6-18)23-16-22(23)17-29/h5-11,13,15,22-23,29,31H,12,14,16-17H2,1-2H3,(H,27,30)/t22-,23-,26-/m1/s1. The monoisotopic (exact) mass is 480 g/mol. The van der Waals surface area contributed by atoms with Crippen LogP contribution in [0, 0.1) is 17.8 Å². The van der Waals surface area contributed by atoms with Gasteiger partial charge in [-0.3, -0.25) is 10.0 Å². The lowest BCUT2D eigenvalue weighted by atomic mass is 10.1. The molecular formula is C26H28N2O5S. The van der Waals surface area contributed by atoms with E-state index in [0.717, 1.165) is 34.7 Å². The van der Waals surface area contributed by atoms with Crippen LogP contribution in [-0.4, -0.2) is 46.8 Å². The van der Waals surface area contributed by atoms with Crippen LogP contribution in [0.1, 0.15) is 42.4 Å². The fraction of sp³-hybridized carbons (Fsp3) is 0.346.